The molecule has 3 nitrogen and oxygen atoms in total. The zero-order chi connectivity index (χ0) is 15.4. The SMILES string of the molecule is CC(CC12CCC(CC1)CC2)NC(=O)OCc1ccccc1. The first-order valence-electron chi connectivity index (χ1n) is 8.62. The third-order valence-electron chi connectivity index (χ3n) is 5.56. The van der Waals surface area contributed by atoms with Crippen molar-refractivity contribution in [2.75, 3.05) is 0 Å². The van der Waals surface area contributed by atoms with E-state index in [9.17, 15) is 4.79 Å². The Hall–Kier alpha value is -1.51. The summed E-state index contributed by atoms with van der Waals surface area (Å²) in [6.45, 7) is 2.45. The summed E-state index contributed by atoms with van der Waals surface area (Å²) in [5.74, 6) is 0.987. The molecular weight excluding hydrogens is 274 g/mol. The van der Waals surface area contributed by atoms with Gasteiger partial charge in [-0.25, -0.2) is 4.79 Å². The fourth-order valence-corrected chi connectivity index (χ4v) is 4.31. The van der Waals surface area contributed by atoms with Crippen LogP contribution in [0.1, 0.15) is 57.4 Å². The summed E-state index contributed by atoms with van der Waals surface area (Å²) in [5.41, 5.74) is 1.51. The second-order valence-corrected chi connectivity index (χ2v) is 7.29. The van der Waals surface area contributed by atoms with Crippen LogP contribution in [0.5, 0.6) is 0 Å². The number of hydrogen-bond acceptors (Lipinski definition) is 2. The molecule has 0 radical (unpaired) electrons. The molecule has 1 aromatic carbocycles. The van der Waals surface area contributed by atoms with Crippen molar-refractivity contribution in [3.8, 4) is 0 Å². The Balaban J connectivity index is 1.43. The zero-order valence-corrected chi connectivity index (χ0v) is 13.5. The molecule has 22 heavy (non-hydrogen) atoms. The lowest BCUT2D eigenvalue weighted by Crippen LogP contribution is -2.41. The number of nitrogens with one attached hydrogen (secondary N) is 1. The van der Waals surface area contributed by atoms with Crippen molar-refractivity contribution in [2.45, 2.75) is 64.5 Å². The van der Waals surface area contributed by atoms with Gasteiger partial charge in [-0.2, -0.15) is 0 Å². The van der Waals surface area contributed by atoms with Crippen LogP contribution < -0.4 is 5.32 Å². The minimum Gasteiger partial charge on any atom is -0.445 e. The maximum atomic E-state index is 11.9. The quantitative estimate of drug-likeness (QED) is 0.859. The second-order valence-electron chi connectivity index (χ2n) is 7.29. The molecule has 1 N–H and O–H groups in total. The van der Waals surface area contributed by atoms with Crippen LogP contribution in [0.15, 0.2) is 30.3 Å². The first kappa shape index (κ1) is 15.4. The Morgan fingerprint density at radius 3 is 2.50 bits per heavy atom. The third kappa shape index (κ3) is 3.82. The van der Waals surface area contributed by atoms with Crippen LogP contribution >= 0.6 is 0 Å². The van der Waals surface area contributed by atoms with Gasteiger partial charge < -0.3 is 10.1 Å². The maximum absolute atomic E-state index is 11.9. The lowest BCUT2D eigenvalue weighted by Gasteiger charge is -2.47. The molecule has 0 aromatic heterocycles. The molecule has 1 unspecified atom stereocenters. The summed E-state index contributed by atoms with van der Waals surface area (Å²) in [6, 6.07) is 10.0. The molecule has 4 rings (SSSR count). The highest BCUT2D eigenvalue weighted by atomic mass is 16.5. The number of ether oxygens (including phenoxy) is 1. The smallest absolute Gasteiger partial charge is 0.407 e. The Morgan fingerprint density at radius 2 is 1.86 bits per heavy atom. The maximum Gasteiger partial charge on any atom is 0.407 e. The molecular formula is C19H27NO2. The molecule has 0 saturated heterocycles. The fourth-order valence-electron chi connectivity index (χ4n) is 4.31. The first-order chi connectivity index (χ1) is 10.7. The molecule has 2 bridgehead atoms. The van der Waals surface area contributed by atoms with Gasteiger partial charge >= 0.3 is 6.09 Å². The standard InChI is InChI=1S/C19H27NO2/c1-15(13-19-10-7-16(8-11-19)9-12-19)20-18(21)22-14-17-5-3-2-4-6-17/h2-6,15-16H,7-14H2,1H3,(H,20,21). The van der Waals surface area contributed by atoms with Crippen molar-refractivity contribution in [3.63, 3.8) is 0 Å². The fraction of sp³-hybridized carbons (Fsp3) is 0.632. The average molecular weight is 301 g/mol. The third-order valence-corrected chi connectivity index (χ3v) is 5.56. The van der Waals surface area contributed by atoms with Gasteiger partial charge in [0.15, 0.2) is 0 Å². The number of benzene rings is 1. The van der Waals surface area contributed by atoms with E-state index in [4.69, 9.17) is 4.74 Å². The summed E-state index contributed by atoms with van der Waals surface area (Å²) in [6.07, 6.45) is 9.04. The van der Waals surface area contributed by atoms with Crippen LogP contribution in [-0.2, 0) is 11.3 Å². The van der Waals surface area contributed by atoms with Gasteiger partial charge in [0.05, 0.1) is 0 Å². The van der Waals surface area contributed by atoms with E-state index < -0.39 is 0 Å². The minimum absolute atomic E-state index is 0.193. The number of carbonyl (C=O) groups is 1. The molecule has 1 atom stereocenters. The van der Waals surface area contributed by atoms with E-state index in [0.29, 0.717) is 12.0 Å². The molecule has 3 aliphatic rings. The average Bonchev–Trinajstić information content (AvgIpc) is 2.55. The summed E-state index contributed by atoms with van der Waals surface area (Å²) in [4.78, 5) is 11.9. The van der Waals surface area contributed by atoms with Gasteiger partial charge in [-0.1, -0.05) is 30.3 Å². The number of rotatable bonds is 5. The molecule has 0 spiro atoms. The van der Waals surface area contributed by atoms with E-state index in [0.717, 1.165) is 17.9 Å². The molecule has 120 valence electrons. The van der Waals surface area contributed by atoms with Crippen LogP contribution in [0.3, 0.4) is 0 Å². The van der Waals surface area contributed by atoms with Gasteiger partial charge in [0.25, 0.3) is 0 Å². The van der Waals surface area contributed by atoms with E-state index in [1.165, 1.54) is 38.5 Å². The lowest BCUT2D eigenvalue weighted by molar-refractivity contribution is 0.0469. The summed E-state index contributed by atoms with van der Waals surface area (Å²) in [7, 11) is 0. The highest BCUT2D eigenvalue weighted by Crippen LogP contribution is 2.52. The second kappa shape index (κ2) is 6.72. The van der Waals surface area contributed by atoms with Gasteiger partial charge in [0, 0.05) is 6.04 Å². The Labute approximate surface area is 133 Å². The molecule has 1 amide bonds. The Kier molecular flexibility index (Phi) is 4.70. The molecule has 0 aliphatic heterocycles. The Morgan fingerprint density at radius 1 is 1.23 bits per heavy atom. The summed E-state index contributed by atoms with van der Waals surface area (Å²) in [5, 5.41) is 3.01. The number of carbonyl (C=O) groups excluding carboxylic acids is 1. The van der Waals surface area contributed by atoms with Gasteiger partial charge in [-0.15, -0.1) is 0 Å². The zero-order valence-electron chi connectivity index (χ0n) is 13.5. The van der Waals surface area contributed by atoms with E-state index >= 15 is 0 Å². The van der Waals surface area contributed by atoms with Crippen LogP contribution in [0.2, 0.25) is 0 Å². The van der Waals surface area contributed by atoms with Crippen LogP contribution in [0, 0.1) is 11.3 Å². The number of amides is 1. The lowest BCUT2D eigenvalue weighted by atomic mass is 9.59. The monoisotopic (exact) mass is 301 g/mol. The topological polar surface area (TPSA) is 38.3 Å². The molecule has 0 heterocycles. The van der Waals surface area contributed by atoms with Gasteiger partial charge in [0.1, 0.15) is 6.61 Å². The summed E-state index contributed by atoms with van der Waals surface area (Å²) >= 11 is 0. The van der Waals surface area contributed by atoms with Crippen molar-refractivity contribution in [2.24, 2.45) is 11.3 Å². The first-order valence-corrected chi connectivity index (χ1v) is 8.62. The molecule has 3 heteroatoms. The molecule has 1 aromatic rings. The van der Waals surface area contributed by atoms with Gasteiger partial charge in [-0.3, -0.25) is 0 Å². The highest BCUT2D eigenvalue weighted by molar-refractivity contribution is 5.67. The van der Waals surface area contributed by atoms with Crippen LogP contribution in [0.25, 0.3) is 0 Å². The van der Waals surface area contributed by atoms with Crippen molar-refractivity contribution >= 4 is 6.09 Å². The molecule has 3 saturated carbocycles. The van der Waals surface area contributed by atoms with E-state index in [1.807, 2.05) is 30.3 Å². The Bertz CT molecular complexity index is 478. The van der Waals surface area contributed by atoms with Crippen molar-refractivity contribution in [1.82, 2.24) is 5.32 Å². The van der Waals surface area contributed by atoms with Crippen molar-refractivity contribution in [1.29, 1.82) is 0 Å². The minimum atomic E-state index is -0.294. The number of alkyl carbamates (subject to hydrolysis) is 1. The normalized spacial score (nSPS) is 28.1. The molecule has 3 fully saturated rings. The molecule has 3 aliphatic carbocycles. The van der Waals surface area contributed by atoms with Crippen LogP contribution in [-0.4, -0.2) is 12.1 Å². The van der Waals surface area contributed by atoms with Gasteiger partial charge in [-0.05, 0) is 68.8 Å². The summed E-state index contributed by atoms with van der Waals surface area (Å²) < 4.78 is 5.31. The predicted molar refractivity (Wildman–Crippen MR) is 87.5 cm³/mol. The highest BCUT2D eigenvalue weighted by Gasteiger charge is 2.41. The number of fused-ring (bicyclic) bond motifs is 3. The predicted octanol–water partition coefficient (Wildman–Crippen LogP) is 4.66. The van der Waals surface area contributed by atoms with Crippen molar-refractivity contribution in [3.05, 3.63) is 35.9 Å². The van der Waals surface area contributed by atoms with E-state index in [2.05, 4.69) is 12.2 Å². The van der Waals surface area contributed by atoms with Crippen molar-refractivity contribution < 1.29 is 9.53 Å². The largest absolute Gasteiger partial charge is 0.445 e. The van der Waals surface area contributed by atoms with E-state index in [-0.39, 0.29) is 12.1 Å². The van der Waals surface area contributed by atoms with Gasteiger partial charge in [0.2, 0.25) is 0 Å². The van der Waals surface area contributed by atoms with E-state index in [1.54, 1.807) is 0 Å². The van der Waals surface area contributed by atoms with Crippen LogP contribution in [0.4, 0.5) is 4.79 Å². The number of hydrogen-bond donors (Lipinski definition) is 1.